The van der Waals surface area contributed by atoms with Gasteiger partial charge in [-0.2, -0.15) is 0 Å². The van der Waals surface area contributed by atoms with Crippen molar-refractivity contribution in [3.63, 3.8) is 0 Å². The Morgan fingerprint density at radius 2 is 1.67 bits per heavy atom. The fourth-order valence-corrected chi connectivity index (χ4v) is 6.83. The molecule has 10 nitrogen and oxygen atoms in total. The number of alkyl carbamates (subject to hydrolysis) is 1. The number of hydrogen-bond donors (Lipinski definition) is 3. The first kappa shape index (κ1) is 28.1. The maximum Gasteiger partial charge on any atom is 0.408 e. The van der Waals surface area contributed by atoms with Crippen molar-refractivity contribution in [2.24, 2.45) is 0 Å². The van der Waals surface area contributed by atoms with Crippen LogP contribution in [0.5, 0.6) is 0 Å². The molecule has 3 atom stereocenters. The molecule has 0 aliphatic carbocycles. The summed E-state index contributed by atoms with van der Waals surface area (Å²) in [5, 5.41) is 3.16. The van der Waals surface area contributed by atoms with Crippen LogP contribution in [0.25, 0.3) is 10.9 Å². The van der Waals surface area contributed by atoms with Gasteiger partial charge in [-0.15, -0.1) is 0 Å². The number of carbonyl (C=O) groups is 1. The van der Waals surface area contributed by atoms with Gasteiger partial charge < -0.3 is 29.0 Å². The standard InChI is InChI=1S/C24H32N2O8P2/c1-4-32-36(30,33-5-2)23(15-20-16-25-22-14-10-9-13-21(20)22)34-35(28,29)18(3)26-24(27)31-17-19-11-7-6-8-12-19/h6-14,16,18,23,25H,4-5,15,17H2,1-3H3,(H,26,27)(H,28,29)/t18-,23?/m1/s1. The van der Waals surface area contributed by atoms with Crippen LogP contribution in [0, 0.1) is 0 Å². The SMILES string of the molecule is CCOP(=O)(OCC)C(Cc1c[nH]c2ccccc12)OP(=O)(O)[C@H](C)NC(=O)OCc1ccccc1. The minimum Gasteiger partial charge on any atom is -0.445 e. The maximum absolute atomic E-state index is 13.6. The molecular formula is C24H32N2O8P2. The lowest BCUT2D eigenvalue weighted by Crippen LogP contribution is -2.34. The Labute approximate surface area is 210 Å². The molecule has 3 aromatic rings. The highest BCUT2D eigenvalue weighted by Gasteiger charge is 2.44. The molecule has 1 aromatic heterocycles. The number of aromatic nitrogens is 1. The molecule has 12 heteroatoms. The number of benzene rings is 2. The number of hydrogen-bond acceptors (Lipinski definition) is 7. The van der Waals surface area contributed by atoms with E-state index < -0.39 is 32.9 Å². The van der Waals surface area contributed by atoms with E-state index in [1.54, 1.807) is 44.3 Å². The number of amides is 1. The van der Waals surface area contributed by atoms with Crippen LogP contribution in [0.3, 0.4) is 0 Å². The molecule has 2 unspecified atom stereocenters. The fourth-order valence-electron chi connectivity index (χ4n) is 3.54. The lowest BCUT2D eigenvalue weighted by molar-refractivity contribution is 0.132. The van der Waals surface area contributed by atoms with Crippen molar-refractivity contribution >= 4 is 32.2 Å². The number of carbonyl (C=O) groups excluding carboxylic acids is 1. The highest BCUT2D eigenvalue weighted by molar-refractivity contribution is 7.57. The topological polar surface area (TPSA) is 136 Å². The van der Waals surface area contributed by atoms with Crippen LogP contribution in [0.15, 0.2) is 60.8 Å². The van der Waals surface area contributed by atoms with Gasteiger partial charge in [0.1, 0.15) is 12.4 Å². The highest BCUT2D eigenvalue weighted by atomic mass is 31.2. The number of H-pyrrole nitrogens is 1. The maximum atomic E-state index is 13.6. The quantitative estimate of drug-likeness (QED) is 0.233. The number of aromatic amines is 1. The molecule has 196 valence electrons. The minimum absolute atomic E-state index is 0.0109. The zero-order valence-electron chi connectivity index (χ0n) is 20.5. The molecule has 0 saturated carbocycles. The van der Waals surface area contributed by atoms with Crippen molar-refractivity contribution in [1.29, 1.82) is 0 Å². The van der Waals surface area contributed by atoms with Gasteiger partial charge >= 0.3 is 21.3 Å². The predicted molar refractivity (Wildman–Crippen MR) is 137 cm³/mol. The van der Waals surface area contributed by atoms with E-state index in [4.69, 9.17) is 18.3 Å². The number of rotatable bonds is 13. The van der Waals surface area contributed by atoms with Gasteiger partial charge in [0.2, 0.25) is 0 Å². The Kier molecular flexibility index (Phi) is 9.91. The first-order chi connectivity index (χ1) is 17.2. The van der Waals surface area contributed by atoms with Crippen LogP contribution in [-0.4, -0.2) is 40.8 Å². The Hall–Kier alpha value is -2.45. The second-order valence-corrected chi connectivity index (χ2v) is 12.2. The lowest BCUT2D eigenvalue weighted by Gasteiger charge is -2.29. The largest absolute Gasteiger partial charge is 0.445 e. The van der Waals surface area contributed by atoms with Crippen LogP contribution < -0.4 is 5.32 Å². The molecule has 3 rings (SSSR count). The molecule has 0 aliphatic rings. The molecule has 0 saturated heterocycles. The van der Waals surface area contributed by atoms with Crippen molar-refractivity contribution in [2.45, 2.75) is 45.4 Å². The molecule has 0 radical (unpaired) electrons. The third-order valence-electron chi connectivity index (χ3n) is 5.34. The van der Waals surface area contributed by atoms with Gasteiger partial charge in [0.25, 0.3) is 0 Å². The van der Waals surface area contributed by atoms with Crippen LogP contribution >= 0.6 is 15.2 Å². The summed E-state index contributed by atoms with van der Waals surface area (Å²) in [4.78, 5) is 26.1. The highest BCUT2D eigenvalue weighted by Crippen LogP contribution is 2.61. The van der Waals surface area contributed by atoms with E-state index in [-0.39, 0.29) is 26.2 Å². The van der Waals surface area contributed by atoms with Gasteiger partial charge in [0.15, 0.2) is 5.85 Å². The monoisotopic (exact) mass is 538 g/mol. The van der Waals surface area contributed by atoms with Crippen molar-refractivity contribution < 1.29 is 37.1 Å². The molecule has 1 amide bonds. The second-order valence-electron chi connectivity index (χ2n) is 7.95. The molecular weight excluding hydrogens is 506 g/mol. The number of fused-ring (bicyclic) bond motifs is 1. The molecule has 0 fully saturated rings. The van der Waals surface area contributed by atoms with Crippen molar-refractivity contribution in [1.82, 2.24) is 10.3 Å². The summed E-state index contributed by atoms with van der Waals surface area (Å²) in [6.45, 7) is 4.66. The van der Waals surface area contributed by atoms with Crippen molar-refractivity contribution in [3.8, 4) is 0 Å². The van der Waals surface area contributed by atoms with Gasteiger partial charge in [-0.25, -0.2) is 4.79 Å². The summed E-state index contributed by atoms with van der Waals surface area (Å²) >= 11 is 0. The number of para-hydroxylation sites is 1. The van der Waals surface area contributed by atoms with E-state index in [1.165, 1.54) is 6.92 Å². The first-order valence-corrected chi connectivity index (χ1v) is 14.9. The molecule has 0 aliphatic heterocycles. The second kappa shape index (κ2) is 12.7. The number of ether oxygens (including phenoxy) is 1. The Balaban J connectivity index is 1.77. The Morgan fingerprint density at radius 3 is 2.33 bits per heavy atom. The fraction of sp³-hybridized carbons (Fsp3) is 0.375. The van der Waals surface area contributed by atoms with E-state index in [2.05, 4.69) is 10.3 Å². The zero-order chi connectivity index (χ0) is 26.2. The Morgan fingerprint density at radius 1 is 1.03 bits per heavy atom. The third-order valence-corrected chi connectivity index (χ3v) is 9.40. The van der Waals surface area contributed by atoms with Crippen LogP contribution in [0.4, 0.5) is 4.79 Å². The number of nitrogens with one attached hydrogen (secondary N) is 2. The van der Waals surface area contributed by atoms with Crippen molar-refractivity contribution in [3.05, 3.63) is 71.9 Å². The van der Waals surface area contributed by atoms with Crippen LogP contribution in [0.1, 0.15) is 31.9 Å². The summed E-state index contributed by atoms with van der Waals surface area (Å²) in [5.41, 5.74) is 2.31. The average Bonchev–Trinajstić information content (AvgIpc) is 3.26. The molecule has 2 aromatic carbocycles. The molecule has 36 heavy (non-hydrogen) atoms. The van der Waals surface area contributed by atoms with Crippen LogP contribution in [-0.2, 0) is 40.5 Å². The predicted octanol–water partition coefficient (Wildman–Crippen LogP) is 5.78. The Bertz CT molecular complexity index is 1220. The van der Waals surface area contributed by atoms with E-state index >= 15 is 0 Å². The van der Waals surface area contributed by atoms with Gasteiger partial charge in [0, 0.05) is 23.5 Å². The van der Waals surface area contributed by atoms with Gasteiger partial charge in [-0.05, 0) is 38.0 Å². The summed E-state index contributed by atoms with van der Waals surface area (Å²) in [5.74, 6) is -2.76. The normalized spacial score (nSPS) is 15.2. The summed E-state index contributed by atoms with van der Waals surface area (Å²) in [6, 6.07) is 16.5. The van der Waals surface area contributed by atoms with Crippen molar-refractivity contribution in [2.75, 3.05) is 13.2 Å². The first-order valence-electron chi connectivity index (χ1n) is 11.6. The summed E-state index contributed by atoms with van der Waals surface area (Å²) < 4.78 is 48.4. The lowest BCUT2D eigenvalue weighted by atomic mass is 10.1. The van der Waals surface area contributed by atoms with E-state index in [0.29, 0.717) is 5.56 Å². The zero-order valence-corrected chi connectivity index (χ0v) is 22.2. The van der Waals surface area contributed by atoms with Gasteiger partial charge in [-0.1, -0.05) is 48.5 Å². The molecule has 0 spiro atoms. The summed E-state index contributed by atoms with van der Waals surface area (Å²) in [7, 11) is -8.55. The molecule has 0 bridgehead atoms. The van der Waals surface area contributed by atoms with E-state index in [0.717, 1.165) is 16.5 Å². The molecule has 1 heterocycles. The van der Waals surface area contributed by atoms with E-state index in [1.807, 2.05) is 30.3 Å². The van der Waals surface area contributed by atoms with E-state index in [9.17, 15) is 18.8 Å². The smallest absolute Gasteiger partial charge is 0.408 e. The molecule has 3 N–H and O–H groups in total. The summed E-state index contributed by atoms with van der Waals surface area (Å²) in [6.07, 6.45) is 0.792. The van der Waals surface area contributed by atoms with Gasteiger partial charge in [0.05, 0.1) is 13.2 Å². The van der Waals surface area contributed by atoms with Crippen LogP contribution in [0.2, 0.25) is 0 Å². The minimum atomic E-state index is -4.57. The van der Waals surface area contributed by atoms with Gasteiger partial charge in [-0.3, -0.25) is 13.7 Å². The third kappa shape index (κ3) is 7.29. The average molecular weight is 538 g/mol.